The van der Waals surface area contributed by atoms with Crippen LogP contribution in [-0.2, 0) is 0 Å². The van der Waals surface area contributed by atoms with Crippen molar-refractivity contribution in [2.75, 3.05) is 22.5 Å². The Hall–Kier alpha value is -4.50. The molecule has 212 valence electrons. The van der Waals surface area contributed by atoms with E-state index in [4.69, 9.17) is 9.72 Å². The lowest BCUT2D eigenvalue weighted by atomic mass is 10.1. The molecule has 5 aromatic rings. The highest BCUT2D eigenvalue weighted by molar-refractivity contribution is 9.10. The number of fused-ring (bicyclic) bond motifs is 1. The van der Waals surface area contributed by atoms with E-state index in [1.165, 1.54) is 19.2 Å². The minimum absolute atomic E-state index is 0.242. The Morgan fingerprint density at radius 3 is 2.45 bits per heavy atom. The Labute approximate surface area is 253 Å². The van der Waals surface area contributed by atoms with Crippen LogP contribution in [0.4, 0.5) is 22.9 Å². The highest BCUT2D eigenvalue weighted by Gasteiger charge is 2.20. The Kier molecular flexibility index (Phi) is 8.01. The van der Waals surface area contributed by atoms with Gasteiger partial charge in [-0.2, -0.15) is 0 Å². The summed E-state index contributed by atoms with van der Waals surface area (Å²) in [6.07, 6.45) is 4.09. The largest absolute Gasteiger partial charge is 0.455 e. The molecule has 1 aliphatic carbocycles. The van der Waals surface area contributed by atoms with Crippen LogP contribution in [0.25, 0.3) is 11.0 Å². The molecule has 1 saturated carbocycles. The number of nitrogens with one attached hydrogen (secondary N) is 3. The molecule has 8 nitrogen and oxygen atoms in total. The Balaban J connectivity index is 1.30. The molecule has 42 heavy (non-hydrogen) atoms. The first kappa shape index (κ1) is 27.7. The molecule has 0 saturated heterocycles. The fraction of sp³-hybridized carbons (Fsp3) is 0.212. The van der Waals surface area contributed by atoms with Crippen molar-refractivity contribution in [3.63, 3.8) is 0 Å². The van der Waals surface area contributed by atoms with Crippen LogP contribution >= 0.6 is 15.9 Å². The van der Waals surface area contributed by atoms with Crippen molar-refractivity contribution in [1.82, 2.24) is 15.0 Å². The zero-order valence-corrected chi connectivity index (χ0v) is 25.0. The maximum Gasteiger partial charge on any atom is 0.255 e. The molecule has 1 aliphatic rings. The van der Waals surface area contributed by atoms with Crippen molar-refractivity contribution in [3.05, 3.63) is 101 Å². The average Bonchev–Trinajstić information content (AvgIpc) is 3.83. The second-order valence-corrected chi connectivity index (χ2v) is 11.6. The van der Waals surface area contributed by atoms with E-state index in [2.05, 4.69) is 55.7 Å². The van der Waals surface area contributed by atoms with Gasteiger partial charge in [-0.05, 0) is 104 Å². The maximum atomic E-state index is 13.2. The Morgan fingerprint density at radius 2 is 1.71 bits per heavy atom. The number of hydrogen-bond acceptors (Lipinski definition) is 7. The number of halogens is 1. The van der Waals surface area contributed by atoms with Crippen molar-refractivity contribution in [2.45, 2.75) is 32.6 Å². The summed E-state index contributed by atoms with van der Waals surface area (Å²) in [5.74, 6) is 2.62. The van der Waals surface area contributed by atoms with E-state index < -0.39 is 0 Å². The number of carbonyl (C=O) groups excluding carboxylic acids is 1. The molecule has 0 unspecified atom stereocenters. The van der Waals surface area contributed by atoms with Crippen LogP contribution in [0.5, 0.6) is 11.5 Å². The molecule has 9 heteroatoms. The van der Waals surface area contributed by atoms with Crippen LogP contribution in [0.1, 0.15) is 48.7 Å². The third kappa shape index (κ3) is 6.69. The quantitative estimate of drug-likeness (QED) is 0.143. The zero-order chi connectivity index (χ0) is 29.1. The number of benzene rings is 3. The van der Waals surface area contributed by atoms with Crippen molar-refractivity contribution >= 4 is 55.8 Å². The standard InChI is InChI=1S/C33H31BrN6O2/c1-20(2)28-15-14-27-31(39-28)36-19-37-32(27)40-29-17-22(33(41)38-25-8-6-23(34)7-9-25)5-16-30(29)42-26-12-10-24(11-13-26)35-18-21-3-4-21/h5-17,19-21,35H,3-4,18H2,1-2H3,(H,38,41)(H,36,37,39,40). The third-order valence-electron chi connectivity index (χ3n) is 7.08. The normalized spacial score (nSPS) is 12.8. The number of anilines is 4. The number of pyridine rings is 1. The Bertz CT molecular complexity index is 1720. The second kappa shape index (κ2) is 12.2. The van der Waals surface area contributed by atoms with Crippen molar-refractivity contribution < 1.29 is 9.53 Å². The van der Waals surface area contributed by atoms with Gasteiger partial charge in [0.1, 0.15) is 17.9 Å². The summed E-state index contributed by atoms with van der Waals surface area (Å²) in [4.78, 5) is 26.8. The average molecular weight is 624 g/mol. The van der Waals surface area contributed by atoms with Crippen LogP contribution in [-0.4, -0.2) is 27.4 Å². The van der Waals surface area contributed by atoms with E-state index in [1.54, 1.807) is 18.2 Å². The fourth-order valence-electron chi connectivity index (χ4n) is 4.45. The first-order valence-corrected chi connectivity index (χ1v) is 14.8. The van der Waals surface area contributed by atoms with Crippen LogP contribution in [0.15, 0.2) is 89.7 Å². The van der Waals surface area contributed by atoms with E-state index in [0.29, 0.717) is 39.9 Å². The molecule has 0 atom stereocenters. The van der Waals surface area contributed by atoms with Gasteiger partial charge in [0.2, 0.25) is 0 Å². The Morgan fingerprint density at radius 1 is 0.952 bits per heavy atom. The molecular weight excluding hydrogens is 592 g/mol. The third-order valence-corrected chi connectivity index (χ3v) is 7.61. The summed E-state index contributed by atoms with van der Waals surface area (Å²) in [5, 5.41) is 10.6. The molecule has 3 N–H and O–H groups in total. The van der Waals surface area contributed by atoms with Crippen molar-refractivity contribution in [1.29, 1.82) is 0 Å². The van der Waals surface area contributed by atoms with Crippen molar-refractivity contribution in [2.24, 2.45) is 5.92 Å². The van der Waals surface area contributed by atoms with E-state index in [-0.39, 0.29) is 11.8 Å². The van der Waals surface area contributed by atoms with E-state index >= 15 is 0 Å². The second-order valence-electron chi connectivity index (χ2n) is 10.7. The van der Waals surface area contributed by atoms with Crippen LogP contribution in [0.3, 0.4) is 0 Å². The van der Waals surface area contributed by atoms with Gasteiger partial charge in [0.15, 0.2) is 11.4 Å². The molecule has 2 aromatic heterocycles. The number of amides is 1. The molecule has 3 aromatic carbocycles. The molecule has 0 spiro atoms. The fourth-order valence-corrected chi connectivity index (χ4v) is 4.72. The van der Waals surface area contributed by atoms with Gasteiger partial charge in [0.25, 0.3) is 5.91 Å². The zero-order valence-electron chi connectivity index (χ0n) is 23.4. The van der Waals surface area contributed by atoms with Gasteiger partial charge in [-0.15, -0.1) is 0 Å². The summed E-state index contributed by atoms with van der Waals surface area (Å²) in [6.45, 7) is 5.19. The first-order chi connectivity index (χ1) is 20.4. The summed E-state index contributed by atoms with van der Waals surface area (Å²) >= 11 is 3.43. The minimum atomic E-state index is -0.242. The lowest BCUT2D eigenvalue weighted by Crippen LogP contribution is -2.12. The molecule has 0 radical (unpaired) electrons. The van der Waals surface area contributed by atoms with Gasteiger partial charge in [0.05, 0.1) is 11.1 Å². The van der Waals surface area contributed by atoms with Crippen LogP contribution in [0, 0.1) is 5.92 Å². The molecule has 0 bridgehead atoms. The number of nitrogens with zero attached hydrogens (tertiary/aromatic N) is 3. The van der Waals surface area contributed by atoms with Gasteiger partial charge in [0, 0.05) is 33.6 Å². The van der Waals surface area contributed by atoms with E-state index in [1.807, 2.05) is 60.7 Å². The molecule has 1 fully saturated rings. The van der Waals surface area contributed by atoms with Gasteiger partial charge in [-0.3, -0.25) is 4.79 Å². The summed E-state index contributed by atoms with van der Waals surface area (Å²) in [5.41, 5.74) is 4.36. The molecule has 1 amide bonds. The van der Waals surface area contributed by atoms with Gasteiger partial charge >= 0.3 is 0 Å². The lowest BCUT2D eigenvalue weighted by molar-refractivity contribution is 0.102. The predicted octanol–water partition coefficient (Wildman–Crippen LogP) is 8.52. The number of carbonyl (C=O) groups is 1. The van der Waals surface area contributed by atoms with Gasteiger partial charge in [-0.1, -0.05) is 29.8 Å². The lowest BCUT2D eigenvalue weighted by Gasteiger charge is -2.16. The van der Waals surface area contributed by atoms with E-state index in [0.717, 1.165) is 33.7 Å². The van der Waals surface area contributed by atoms with Crippen molar-refractivity contribution in [3.8, 4) is 11.5 Å². The van der Waals surface area contributed by atoms with Crippen LogP contribution in [0.2, 0.25) is 0 Å². The summed E-state index contributed by atoms with van der Waals surface area (Å²) in [6, 6.07) is 24.6. The molecular formula is C33H31BrN6O2. The summed E-state index contributed by atoms with van der Waals surface area (Å²) < 4.78 is 7.25. The van der Waals surface area contributed by atoms with Crippen LogP contribution < -0.4 is 20.7 Å². The molecule has 6 rings (SSSR count). The summed E-state index contributed by atoms with van der Waals surface area (Å²) in [7, 11) is 0. The monoisotopic (exact) mass is 622 g/mol. The smallest absolute Gasteiger partial charge is 0.255 e. The number of aromatic nitrogens is 3. The SMILES string of the molecule is CC(C)c1ccc2c(Nc3cc(C(=O)Nc4ccc(Br)cc4)ccc3Oc3ccc(NCC4CC4)cc3)ncnc2n1. The highest BCUT2D eigenvalue weighted by atomic mass is 79.9. The van der Waals surface area contributed by atoms with Gasteiger partial charge < -0.3 is 20.7 Å². The first-order valence-electron chi connectivity index (χ1n) is 14.0. The molecule has 2 heterocycles. The maximum absolute atomic E-state index is 13.2. The topological polar surface area (TPSA) is 101 Å². The van der Waals surface area contributed by atoms with E-state index in [9.17, 15) is 4.79 Å². The molecule has 0 aliphatic heterocycles. The number of hydrogen-bond donors (Lipinski definition) is 3. The number of rotatable bonds is 10. The minimum Gasteiger partial charge on any atom is -0.455 e. The van der Waals surface area contributed by atoms with Gasteiger partial charge in [-0.25, -0.2) is 15.0 Å². The number of ether oxygens (including phenoxy) is 1. The highest BCUT2D eigenvalue weighted by Crippen LogP contribution is 2.35. The predicted molar refractivity (Wildman–Crippen MR) is 171 cm³/mol.